The van der Waals surface area contributed by atoms with E-state index >= 15 is 0 Å². The number of aromatic nitrogens is 2. The van der Waals surface area contributed by atoms with E-state index in [9.17, 15) is 19.5 Å². The van der Waals surface area contributed by atoms with Crippen LogP contribution < -0.4 is 22.1 Å². The zero-order chi connectivity index (χ0) is 26.9. The fourth-order valence-corrected chi connectivity index (χ4v) is 3.89. The number of carboxylic acids is 1. The molecule has 1 aromatic carbocycles. The number of aliphatic imine (C=N–C) groups is 1. The number of para-hydroxylation sites is 1. The molecule has 0 saturated carbocycles. The van der Waals surface area contributed by atoms with Gasteiger partial charge in [0.1, 0.15) is 18.3 Å². The second kappa shape index (κ2) is 12.6. The first-order valence-electron chi connectivity index (χ1n) is 12.1. The second-order valence-electron chi connectivity index (χ2n) is 8.85. The van der Waals surface area contributed by atoms with E-state index < -0.39 is 24.0 Å². The number of oxazole rings is 1. The van der Waals surface area contributed by atoms with Crippen LogP contribution in [-0.2, 0) is 16.0 Å². The molecule has 198 valence electrons. The maximum absolute atomic E-state index is 12.9. The number of aromatic amines is 1. The first-order chi connectivity index (χ1) is 17.7. The third-order valence-electron chi connectivity index (χ3n) is 6.12. The number of nitrogens with zero attached hydrogens (tertiary/aromatic N) is 2. The lowest BCUT2D eigenvalue weighted by atomic mass is 9.98. The predicted molar refractivity (Wildman–Crippen MR) is 138 cm³/mol. The van der Waals surface area contributed by atoms with E-state index in [-0.39, 0.29) is 48.8 Å². The average molecular weight is 512 g/mol. The number of hydrogen-bond acceptors (Lipinski definition) is 6. The fourth-order valence-electron chi connectivity index (χ4n) is 3.89. The molecule has 0 aliphatic heterocycles. The molecule has 37 heavy (non-hydrogen) atoms. The summed E-state index contributed by atoms with van der Waals surface area (Å²) in [6.07, 6.45) is 4.33. The standard InChI is InChI=1S/C25H33N7O5/c1-3-14(2)21(32-20(33)11-15-12-29-17-8-5-4-7-16(15)17)23-31-19(13-37-23)22(34)30-18(24(35)36)9-6-10-28-25(26)27/h4-5,7-8,12-14,18,21,29H,3,6,9-11H2,1-2H3,(H,30,34)(H,32,33)(H,35,36)(H4,26,27,28)/t14?,18-,21?/m0/s1. The third-order valence-corrected chi connectivity index (χ3v) is 6.12. The molecule has 0 spiro atoms. The summed E-state index contributed by atoms with van der Waals surface area (Å²) in [7, 11) is 0. The Morgan fingerprint density at radius 2 is 1.97 bits per heavy atom. The van der Waals surface area contributed by atoms with Crippen LogP contribution in [0.25, 0.3) is 10.9 Å². The second-order valence-corrected chi connectivity index (χ2v) is 8.85. The largest absolute Gasteiger partial charge is 0.480 e. The van der Waals surface area contributed by atoms with Crippen molar-refractivity contribution in [3.05, 3.63) is 53.9 Å². The smallest absolute Gasteiger partial charge is 0.326 e. The summed E-state index contributed by atoms with van der Waals surface area (Å²) >= 11 is 0. The molecule has 2 heterocycles. The molecule has 0 radical (unpaired) electrons. The molecule has 0 aliphatic carbocycles. The van der Waals surface area contributed by atoms with Gasteiger partial charge in [0.15, 0.2) is 11.7 Å². The van der Waals surface area contributed by atoms with Crippen molar-refractivity contribution >= 4 is 34.6 Å². The number of H-pyrrole nitrogens is 1. The monoisotopic (exact) mass is 511 g/mol. The van der Waals surface area contributed by atoms with Crippen LogP contribution in [0.5, 0.6) is 0 Å². The van der Waals surface area contributed by atoms with Crippen molar-refractivity contribution in [2.45, 2.75) is 51.6 Å². The number of benzene rings is 1. The van der Waals surface area contributed by atoms with Gasteiger partial charge >= 0.3 is 5.97 Å². The zero-order valence-electron chi connectivity index (χ0n) is 20.9. The number of carboxylic acid groups (broad SMARTS) is 1. The maximum Gasteiger partial charge on any atom is 0.326 e. The summed E-state index contributed by atoms with van der Waals surface area (Å²) in [6.45, 7) is 4.16. The molecule has 3 rings (SSSR count). The number of carbonyl (C=O) groups excluding carboxylic acids is 2. The molecular weight excluding hydrogens is 478 g/mol. The molecule has 0 bridgehead atoms. The number of hydrogen-bond donors (Lipinski definition) is 6. The average Bonchev–Trinajstić information content (AvgIpc) is 3.51. The lowest BCUT2D eigenvalue weighted by Gasteiger charge is -2.21. The van der Waals surface area contributed by atoms with Gasteiger partial charge in [-0.2, -0.15) is 0 Å². The van der Waals surface area contributed by atoms with Crippen LogP contribution in [0.4, 0.5) is 0 Å². The minimum Gasteiger partial charge on any atom is -0.480 e. The summed E-state index contributed by atoms with van der Waals surface area (Å²) in [5.41, 5.74) is 12.3. The predicted octanol–water partition coefficient (Wildman–Crippen LogP) is 1.84. The first kappa shape index (κ1) is 27.2. The van der Waals surface area contributed by atoms with Gasteiger partial charge in [0.2, 0.25) is 11.8 Å². The zero-order valence-corrected chi connectivity index (χ0v) is 20.9. The highest BCUT2D eigenvalue weighted by molar-refractivity contribution is 5.94. The summed E-state index contributed by atoms with van der Waals surface area (Å²) in [6, 6.07) is 6.00. The van der Waals surface area contributed by atoms with Crippen molar-refractivity contribution in [1.29, 1.82) is 0 Å². The Morgan fingerprint density at radius 3 is 2.68 bits per heavy atom. The van der Waals surface area contributed by atoms with Crippen LogP contribution in [-0.4, -0.2) is 51.4 Å². The number of rotatable bonds is 13. The number of carbonyl (C=O) groups is 3. The van der Waals surface area contributed by atoms with Gasteiger partial charge in [0, 0.05) is 23.6 Å². The van der Waals surface area contributed by atoms with Gasteiger partial charge in [-0.05, 0) is 30.4 Å². The summed E-state index contributed by atoms with van der Waals surface area (Å²) in [5, 5.41) is 15.8. The molecule has 3 atom stereocenters. The lowest BCUT2D eigenvalue weighted by Crippen LogP contribution is -2.41. The molecule has 3 aromatic rings. The number of guanidine groups is 1. The number of nitrogens with one attached hydrogen (secondary N) is 3. The van der Waals surface area contributed by atoms with Gasteiger partial charge < -0.3 is 36.6 Å². The molecule has 0 aliphatic rings. The van der Waals surface area contributed by atoms with E-state index in [0.717, 1.165) is 29.2 Å². The first-order valence-corrected chi connectivity index (χ1v) is 12.1. The highest BCUT2D eigenvalue weighted by Crippen LogP contribution is 2.25. The Hall–Kier alpha value is -4.35. The normalized spacial score (nSPS) is 13.5. The highest BCUT2D eigenvalue weighted by atomic mass is 16.4. The Kier molecular flexibility index (Phi) is 9.25. The molecule has 0 saturated heterocycles. The van der Waals surface area contributed by atoms with Gasteiger partial charge in [0.25, 0.3) is 5.91 Å². The van der Waals surface area contributed by atoms with E-state index in [2.05, 4.69) is 25.6 Å². The SMILES string of the molecule is CCC(C)C(NC(=O)Cc1c[nH]c2ccccc12)c1nc(C(=O)N[C@@H](CCCN=C(N)N)C(=O)O)co1. The molecule has 2 amide bonds. The van der Waals surface area contributed by atoms with Crippen LogP contribution in [0.3, 0.4) is 0 Å². The minimum absolute atomic E-state index is 0.0382. The maximum atomic E-state index is 12.9. The van der Waals surface area contributed by atoms with E-state index in [1.165, 1.54) is 0 Å². The topological polar surface area (TPSA) is 202 Å². The van der Waals surface area contributed by atoms with Crippen molar-refractivity contribution in [2.75, 3.05) is 6.54 Å². The molecule has 12 nitrogen and oxygen atoms in total. The van der Waals surface area contributed by atoms with Gasteiger partial charge in [-0.25, -0.2) is 9.78 Å². The summed E-state index contributed by atoms with van der Waals surface area (Å²) in [4.78, 5) is 48.4. The van der Waals surface area contributed by atoms with Crippen LogP contribution >= 0.6 is 0 Å². The third kappa shape index (κ3) is 7.32. The number of aliphatic carboxylic acids is 1. The minimum atomic E-state index is -1.19. The summed E-state index contributed by atoms with van der Waals surface area (Å²) in [5.74, 6) is -2.06. The van der Waals surface area contributed by atoms with Crippen LogP contribution in [0.1, 0.15) is 61.1 Å². The Balaban J connectivity index is 1.67. The number of fused-ring (bicyclic) bond motifs is 1. The van der Waals surface area contributed by atoms with Gasteiger partial charge in [-0.1, -0.05) is 38.5 Å². The number of amides is 2. The Labute approximate surface area is 213 Å². The Morgan fingerprint density at radius 1 is 1.22 bits per heavy atom. The Bertz CT molecular complexity index is 1260. The molecular formula is C25H33N7O5. The molecule has 0 fully saturated rings. The van der Waals surface area contributed by atoms with E-state index in [1.54, 1.807) is 0 Å². The molecule has 2 aromatic heterocycles. The van der Waals surface area contributed by atoms with E-state index in [0.29, 0.717) is 6.42 Å². The highest BCUT2D eigenvalue weighted by Gasteiger charge is 2.28. The molecule has 2 unspecified atom stereocenters. The van der Waals surface area contributed by atoms with Crippen LogP contribution in [0, 0.1) is 5.92 Å². The molecule has 12 heteroatoms. The van der Waals surface area contributed by atoms with Gasteiger partial charge in [-0.3, -0.25) is 14.6 Å². The van der Waals surface area contributed by atoms with Crippen molar-refractivity contribution < 1.29 is 23.9 Å². The van der Waals surface area contributed by atoms with Crippen LogP contribution in [0.2, 0.25) is 0 Å². The number of nitrogens with two attached hydrogens (primary N) is 2. The van der Waals surface area contributed by atoms with Crippen molar-refractivity contribution in [3.63, 3.8) is 0 Å². The van der Waals surface area contributed by atoms with E-state index in [4.69, 9.17) is 15.9 Å². The van der Waals surface area contributed by atoms with Crippen molar-refractivity contribution in [1.82, 2.24) is 20.6 Å². The quantitative estimate of drug-likeness (QED) is 0.113. The van der Waals surface area contributed by atoms with Crippen LogP contribution in [0.15, 0.2) is 46.1 Å². The lowest BCUT2D eigenvalue weighted by molar-refractivity contribution is -0.139. The van der Waals surface area contributed by atoms with E-state index in [1.807, 2.05) is 44.3 Å². The van der Waals surface area contributed by atoms with Gasteiger partial charge in [0.05, 0.1) is 6.42 Å². The molecule has 8 N–H and O–H groups in total. The van der Waals surface area contributed by atoms with Crippen molar-refractivity contribution in [2.24, 2.45) is 22.4 Å². The van der Waals surface area contributed by atoms with Crippen molar-refractivity contribution in [3.8, 4) is 0 Å². The summed E-state index contributed by atoms with van der Waals surface area (Å²) < 4.78 is 5.56. The fraction of sp³-hybridized carbons (Fsp3) is 0.400. The van der Waals surface area contributed by atoms with Gasteiger partial charge in [-0.15, -0.1) is 0 Å².